The fourth-order valence-corrected chi connectivity index (χ4v) is 2.11. The lowest BCUT2D eigenvalue weighted by Crippen LogP contribution is -2.57. The van der Waals surface area contributed by atoms with E-state index in [0.29, 0.717) is 5.58 Å². The van der Waals surface area contributed by atoms with Gasteiger partial charge in [-0.2, -0.15) is 0 Å². The van der Waals surface area contributed by atoms with Crippen LogP contribution in [0.1, 0.15) is 10.4 Å². The summed E-state index contributed by atoms with van der Waals surface area (Å²) >= 11 is 0. The van der Waals surface area contributed by atoms with Crippen LogP contribution < -0.4 is 10.9 Å². The predicted octanol–water partition coefficient (Wildman–Crippen LogP) is 0.837. The molecule has 1 N–H and O–H groups in total. The second-order valence-electron chi connectivity index (χ2n) is 4.71. The molecule has 0 aliphatic carbocycles. The van der Waals surface area contributed by atoms with Crippen LogP contribution in [0.5, 0.6) is 0 Å². The van der Waals surface area contributed by atoms with Gasteiger partial charge in [0.15, 0.2) is 0 Å². The van der Waals surface area contributed by atoms with E-state index in [4.69, 9.17) is 4.42 Å². The number of hydrogen-bond acceptors (Lipinski definition) is 4. The first-order chi connectivity index (χ1) is 9.16. The van der Waals surface area contributed by atoms with Crippen LogP contribution in [0.3, 0.4) is 0 Å². The van der Waals surface area contributed by atoms with Crippen molar-refractivity contribution in [3.63, 3.8) is 0 Å². The van der Waals surface area contributed by atoms with E-state index in [2.05, 4.69) is 5.32 Å². The molecular weight excluding hydrogens is 244 g/mol. The van der Waals surface area contributed by atoms with Gasteiger partial charge in [-0.15, -0.1) is 0 Å². The molecule has 1 saturated heterocycles. The molecule has 2 heterocycles. The van der Waals surface area contributed by atoms with Gasteiger partial charge in [0.25, 0.3) is 5.91 Å². The summed E-state index contributed by atoms with van der Waals surface area (Å²) < 4.78 is 5.18. The number of hydrogen-bond donors (Lipinski definition) is 1. The van der Waals surface area contributed by atoms with Crippen molar-refractivity contribution < 1.29 is 9.21 Å². The number of carbonyl (C=O) groups excluding carboxylic acids is 1. The maximum Gasteiger partial charge on any atom is 0.349 e. The van der Waals surface area contributed by atoms with E-state index in [1.807, 2.05) is 12.1 Å². The summed E-state index contributed by atoms with van der Waals surface area (Å²) in [5, 5.41) is 3.85. The monoisotopic (exact) mass is 258 g/mol. The average molecular weight is 258 g/mol. The van der Waals surface area contributed by atoms with Crippen LogP contribution in [0, 0.1) is 0 Å². The number of fused-ring (bicyclic) bond motifs is 1. The first-order valence-corrected chi connectivity index (χ1v) is 6.17. The summed E-state index contributed by atoms with van der Waals surface area (Å²) in [6.07, 6.45) is 0. The van der Waals surface area contributed by atoms with E-state index in [9.17, 15) is 9.59 Å². The molecule has 0 unspecified atom stereocenters. The molecule has 5 heteroatoms. The number of likely N-dealkylation sites (N-methyl/N-ethyl adjacent to an activating group) is 1. The molecule has 1 aromatic heterocycles. The van der Waals surface area contributed by atoms with Gasteiger partial charge in [-0.1, -0.05) is 18.2 Å². The number of nitrogens with one attached hydrogen (secondary N) is 1. The Kier molecular flexibility index (Phi) is 2.83. The SMILES string of the molecule is CN(C(=O)c1cc2ccccc2oc1=O)C1CNC1. The standard InChI is InChI=1S/C14H14N2O3/c1-16(10-7-15-8-10)13(17)11-6-9-4-2-3-5-12(9)19-14(11)18/h2-6,10,15H,7-8H2,1H3. The van der Waals surface area contributed by atoms with Gasteiger partial charge in [0.1, 0.15) is 11.1 Å². The molecule has 1 aliphatic heterocycles. The normalized spacial score (nSPS) is 15.2. The Balaban J connectivity index is 2.01. The zero-order chi connectivity index (χ0) is 13.4. The molecule has 0 bridgehead atoms. The first-order valence-electron chi connectivity index (χ1n) is 6.17. The van der Waals surface area contributed by atoms with Crippen molar-refractivity contribution in [3.05, 3.63) is 46.3 Å². The molecule has 1 aromatic carbocycles. The topological polar surface area (TPSA) is 62.6 Å². The zero-order valence-corrected chi connectivity index (χ0v) is 10.6. The number of para-hydroxylation sites is 1. The Hall–Kier alpha value is -2.14. The molecule has 0 radical (unpaired) electrons. The molecule has 2 aromatic rings. The second kappa shape index (κ2) is 4.51. The number of rotatable bonds is 2. The number of benzene rings is 1. The molecule has 0 spiro atoms. The molecule has 1 fully saturated rings. The van der Waals surface area contributed by atoms with Crippen molar-refractivity contribution in [1.82, 2.24) is 10.2 Å². The highest BCUT2D eigenvalue weighted by Crippen LogP contribution is 2.14. The van der Waals surface area contributed by atoms with Gasteiger partial charge in [-0.25, -0.2) is 4.79 Å². The second-order valence-corrected chi connectivity index (χ2v) is 4.71. The van der Waals surface area contributed by atoms with E-state index in [1.54, 1.807) is 30.1 Å². The largest absolute Gasteiger partial charge is 0.422 e. The van der Waals surface area contributed by atoms with E-state index in [1.165, 1.54) is 0 Å². The Bertz CT molecular complexity index is 688. The van der Waals surface area contributed by atoms with Gasteiger partial charge < -0.3 is 14.6 Å². The third-order valence-electron chi connectivity index (χ3n) is 3.50. The Morgan fingerprint density at radius 1 is 1.37 bits per heavy atom. The third-order valence-corrected chi connectivity index (χ3v) is 3.50. The van der Waals surface area contributed by atoms with Crippen LogP contribution in [0.15, 0.2) is 39.5 Å². The van der Waals surface area contributed by atoms with Crippen molar-refractivity contribution in [3.8, 4) is 0 Å². The number of carbonyl (C=O) groups is 1. The average Bonchev–Trinajstić information content (AvgIpc) is 2.35. The molecule has 0 saturated carbocycles. The van der Waals surface area contributed by atoms with Crippen molar-refractivity contribution in [2.45, 2.75) is 6.04 Å². The molecule has 1 aliphatic rings. The van der Waals surface area contributed by atoms with Crippen LogP contribution in [-0.2, 0) is 0 Å². The lowest BCUT2D eigenvalue weighted by molar-refractivity contribution is 0.0677. The Morgan fingerprint density at radius 3 is 2.79 bits per heavy atom. The van der Waals surface area contributed by atoms with E-state index >= 15 is 0 Å². The Morgan fingerprint density at radius 2 is 2.11 bits per heavy atom. The molecule has 0 atom stereocenters. The van der Waals surface area contributed by atoms with Crippen molar-refractivity contribution in [2.24, 2.45) is 0 Å². The van der Waals surface area contributed by atoms with E-state index in [0.717, 1.165) is 18.5 Å². The highest BCUT2D eigenvalue weighted by atomic mass is 16.4. The van der Waals surface area contributed by atoms with Gasteiger partial charge >= 0.3 is 5.63 Å². The third kappa shape index (κ3) is 2.02. The summed E-state index contributed by atoms with van der Waals surface area (Å²) in [6, 6.07) is 8.92. The van der Waals surface area contributed by atoms with Crippen LogP contribution >= 0.6 is 0 Å². The lowest BCUT2D eigenvalue weighted by atomic mass is 10.1. The van der Waals surface area contributed by atoms with Crippen LogP contribution in [0.25, 0.3) is 11.0 Å². The van der Waals surface area contributed by atoms with Gasteiger partial charge in [0.05, 0.1) is 6.04 Å². The molecule has 1 amide bonds. The number of nitrogens with zero attached hydrogens (tertiary/aromatic N) is 1. The molecule has 3 rings (SSSR count). The Labute approximate surface area is 109 Å². The van der Waals surface area contributed by atoms with E-state index in [-0.39, 0.29) is 17.5 Å². The van der Waals surface area contributed by atoms with Gasteiger partial charge in [-0.3, -0.25) is 4.79 Å². The highest BCUT2D eigenvalue weighted by molar-refractivity contribution is 5.96. The minimum atomic E-state index is -0.581. The van der Waals surface area contributed by atoms with Crippen molar-refractivity contribution in [2.75, 3.05) is 20.1 Å². The maximum atomic E-state index is 12.3. The summed E-state index contributed by atoms with van der Waals surface area (Å²) in [5.41, 5.74) is 0.00736. The van der Waals surface area contributed by atoms with Crippen molar-refractivity contribution in [1.29, 1.82) is 0 Å². The van der Waals surface area contributed by atoms with Crippen molar-refractivity contribution >= 4 is 16.9 Å². The first kappa shape index (κ1) is 11.9. The number of amides is 1. The van der Waals surface area contributed by atoms with Crippen LogP contribution in [0.4, 0.5) is 0 Å². The highest BCUT2D eigenvalue weighted by Gasteiger charge is 2.27. The fourth-order valence-electron chi connectivity index (χ4n) is 2.11. The van der Waals surface area contributed by atoms with Gasteiger partial charge in [0, 0.05) is 25.5 Å². The predicted molar refractivity (Wildman–Crippen MR) is 71.2 cm³/mol. The van der Waals surface area contributed by atoms with Crippen LogP contribution in [-0.4, -0.2) is 37.0 Å². The quantitative estimate of drug-likeness (QED) is 0.811. The summed E-state index contributed by atoms with van der Waals surface area (Å²) in [7, 11) is 1.71. The molecule has 19 heavy (non-hydrogen) atoms. The maximum absolute atomic E-state index is 12.3. The van der Waals surface area contributed by atoms with E-state index < -0.39 is 5.63 Å². The minimum Gasteiger partial charge on any atom is -0.422 e. The minimum absolute atomic E-state index is 0.0908. The lowest BCUT2D eigenvalue weighted by Gasteiger charge is -2.35. The van der Waals surface area contributed by atoms with Gasteiger partial charge in [0.2, 0.25) is 0 Å². The summed E-state index contributed by atoms with van der Waals surface area (Å²) in [4.78, 5) is 25.8. The fraction of sp³-hybridized carbons (Fsp3) is 0.286. The van der Waals surface area contributed by atoms with Gasteiger partial charge in [-0.05, 0) is 12.1 Å². The smallest absolute Gasteiger partial charge is 0.349 e. The molecular formula is C14H14N2O3. The summed E-state index contributed by atoms with van der Waals surface area (Å²) in [5.74, 6) is -0.286. The summed E-state index contributed by atoms with van der Waals surface area (Å²) in [6.45, 7) is 1.53. The van der Waals surface area contributed by atoms with Crippen LogP contribution in [0.2, 0.25) is 0 Å². The zero-order valence-electron chi connectivity index (χ0n) is 10.6. The molecule has 5 nitrogen and oxygen atoms in total. The molecule has 98 valence electrons.